The number of oxazole rings is 1. The number of ether oxygens (including phenoxy) is 1. The number of anilines is 1. The molecule has 2 heterocycles. The van der Waals surface area contributed by atoms with Crippen molar-refractivity contribution in [3.8, 4) is 11.8 Å². The molecular weight excluding hydrogens is 416 g/mol. The van der Waals surface area contributed by atoms with Crippen molar-refractivity contribution in [3.05, 3.63) is 76.8 Å². The molecule has 7 nitrogen and oxygen atoms in total. The van der Waals surface area contributed by atoms with E-state index in [1.54, 1.807) is 18.2 Å². The number of hydrogen-bond donors (Lipinski definition) is 0. The second kappa shape index (κ2) is 10.0. The van der Waals surface area contributed by atoms with Crippen molar-refractivity contribution in [3.63, 3.8) is 0 Å². The number of rotatable bonds is 6. The van der Waals surface area contributed by atoms with Gasteiger partial charge >= 0.3 is 0 Å². The third kappa shape index (κ3) is 5.24. The minimum Gasteiger partial charge on any atom is -0.494 e. The monoisotopic (exact) mass is 442 g/mol. The minimum atomic E-state index is -0.0162. The van der Waals surface area contributed by atoms with E-state index in [1.165, 1.54) is 5.56 Å². The number of amides is 1. The number of carbonyl (C=O) groups is 1. The van der Waals surface area contributed by atoms with Crippen molar-refractivity contribution < 1.29 is 13.9 Å². The Kier molecular flexibility index (Phi) is 6.75. The number of nitriles is 1. The van der Waals surface area contributed by atoms with Crippen LogP contribution in [0.1, 0.15) is 40.0 Å². The highest BCUT2D eigenvalue weighted by Crippen LogP contribution is 2.25. The first-order chi connectivity index (χ1) is 16.1. The van der Waals surface area contributed by atoms with Gasteiger partial charge in [-0.1, -0.05) is 29.8 Å². The standard InChI is InChI=1S/C26H26N4O3/c1-3-32-22-11-9-21(10-12-22)25(31)29-14-16-30(17-15-29)26-23(18-27)28-24(33-26)13-8-20-6-4-19(2)5-7-20/h4-13H,3,14-17H2,1-2H3/b13-8+. The Bertz CT molecular complexity index is 1170. The molecule has 0 N–H and O–H groups in total. The summed E-state index contributed by atoms with van der Waals surface area (Å²) >= 11 is 0. The Morgan fingerprint density at radius 3 is 2.42 bits per heavy atom. The average Bonchev–Trinajstić information content (AvgIpc) is 3.27. The zero-order valence-corrected chi connectivity index (χ0v) is 18.8. The van der Waals surface area contributed by atoms with Crippen LogP contribution in [-0.2, 0) is 0 Å². The summed E-state index contributed by atoms with van der Waals surface area (Å²) in [6.45, 7) is 6.75. The number of aryl methyl sites for hydroxylation is 1. The Labute approximate surface area is 193 Å². The molecule has 33 heavy (non-hydrogen) atoms. The third-order valence-electron chi connectivity index (χ3n) is 5.49. The van der Waals surface area contributed by atoms with Gasteiger partial charge in [0.05, 0.1) is 6.61 Å². The Morgan fingerprint density at radius 2 is 1.79 bits per heavy atom. The smallest absolute Gasteiger partial charge is 0.253 e. The molecule has 0 radical (unpaired) electrons. The molecule has 1 aromatic heterocycles. The number of piperazine rings is 1. The summed E-state index contributed by atoms with van der Waals surface area (Å²) in [6.07, 6.45) is 3.67. The van der Waals surface area contributed by atoms with Gasteiger partial charge in [0, 0.05) is 37.8 Å². The van der Waals surface area contributed by atoms with E-state index in [0.717, 1.165) is 11.3 Å². The summed E-state index contributed by atoms with van der Waals surface area (Å²) < 4.78 is 11.3. The van der Waals surface area contributed by atoms with Crippen molar-refractivity contribution in [2.75, 3.05) is 37.7 Å². The fourth-order valence-electron chi connectivity index (χ4n) is 3.69. The van der Waals surface area contributed by atoms with E-state index in [0.29, 0.717) is 50.1 Å². The van der Waals surface area contributed by atoms with Gasteiger partial charge in [-0.15, -0.1) is 0 Å². The Morgan fingerprint density at radius 1 is 1.09 bits per heavy atom. The molecule has 0 atom stereocenters. The summed E-state index contributed by atoms with van der Waals surface area (Å²) in [4.78, 5) is 20.9. The molecule has 3 aromatic rings. The second-order valence-electron chi connectivity index (χ2n) is 7.80. The molecule has 0 aliphatic carbocycles. The maximum Gasteiger partial charge on any atom is 0.253 e. The quantitative estimate of drug-likeness (QED) is 0.563. The number of benzene rings is 2. The van der Waals surface area contributed by atoms with Gasteiger partial charge in [-0.25, -0.2) is 0 Å². The van der Waals surface area contributed by atoms with Gasteiger partial charge in [-0.2, -0.15) is 10.2 Å². The number of carbonyl (C=O) groups excluding carboxylic acids is 1. The zero-order chi connectivity index (χ0) is 23.2. The van der Waals surface area contributed by atoms with E-state index in [2.05, 4.69) is 11.1 Å². The van der Waals surface area contributed by atoms with Crippen molar-refractivity contribution in [2.24, 2.45) is 0 Å². The van der Waals surface area contributed by atoms with Crippen molar-refractivity contribution in [1.29, 1.82) is 5.26 Å². The lowest BCUT2D eigenvalue weighted by molar-refractivity contribution is 0.0745. The average molecular weight is 443 g/mol. The largest absolute Gasteiger partial charge is 0.494 e. The van der Waals surface area contributed by atoms with E-state index >= 15 is 0 Å². The van der Waals surface area contributed by atoms with Crippen LogP contribution in [0.5, 0.6) is 5.75 Å². The van der Waals surface area contributed by atoms with Crippen LogP contribution in [0.15, 0.2) is 52.9 Å². The predicted molar refractivity (Wildman–Crippen MR) is 127 cm³/mol. The zero-order valence-electron chi connectivity index (χ0n) is 18.8. The number of hydrogen-bond acceptors (Lipinski definition) is 6. The van der Waals surface area contributed by atoms with Crippen LogP contribution in [0.25, 0.3) is 12.2 Å². The Balaban J connectivity index is 1.40. The predicted octanol–water partition coefficient (Wildman–Crippen LogP) is 4.39. The topological polar surface area (TPSA) is 82.6 Å². The lowest BCUT2D eigenvalue weighted by Gasteiger charge is -2.34. The lowest BCUT2D eigenvalue weighted by atomic mass is 10.1. The van der Waals surface area contributed by atoms with Gasteiger partial charge in [-0.3, -0.25) is 4.79 Å². The highest BCUT2D eigenvalue weighted by Gasteiger charge is 2.26. The third-order valence-corrected chi connectivity index (χ3v) is 5.49. The van der Waals surface area contributed by atoms with Crippen LogP contribution in [0, 0.1) is 18.3 Å². The van der Waals surface area contributed by atoms with Gasteiger partial charge in [0.25, 0.3) is 5.91 Å². The van der Waals surface area contributed by atoms with E-state index < -0.39 is 0 Å². The molecule has 0 unspecified atom stereocenters. The molecular formula is C26H26N4O3. The van der Waals surface area contributed by atoms with Gasteiger partial charge in [-0.05, 0) is 49.8 Å². The molecule has 0 bridgehead atoms. The minimum absolute atomic E-state index is 0.0162. The molecule has 0 spiro atoms. The van der Waals surface area contributed by atoms with Crippen LogP contribution in [-0.4, -0.2) is 48.6 Å². The number of nitrogens with zero attached hydrogens (tertiary/aromatic N) is 4. The molecule has 168 valence electrons. The molecule has 4 rings (SSSR count). The van der Waals surface area contributed by atoms with Crippen LogP contribution in [0.3, 0.4) is 0 Å². The summed E-state index contributed by atoms with van der Waals surface area (Å²) in [5.41, 5.74) is 3.11. The SMILES string of the molecule is CCOc1ccc(C(=O)N2CCN(c3oc(/C=C/c4ccc(C)cc4)nc3C#N)CC2)cc1. The van der Waals surface area contributed by atoms with Crippen molar-refractivity contribution in [2.45, 2.75) is 13.8 Å². The van der Waals surface area contributed by atoms with Crippen LogP contribution in [0.2, 0.25) is 0 Å². The molecule has 1 aliphatic heterocycles. The maximum absolute atomic E-state index is 12.8. The molecule has 0 saturated carbocycles. The molecule has 1 aliphatic rings. The van der Waals surface area contributed by atoms with Gasteiger partial charge < -0.3 is 19.0 Å². The van der Waals surface area contributed by atoms with Crippen LogP contribution in [0.4, 0.5) is 5.88 Å². The lowest BCUT2D eigenvalue weighted by Crippen LogP contribution is -2.48. The second-order valence-corrected chi connectivity index (χ2v) is 7.80. The van der Waals surface area contributed by atoms with Crippen molar-refractivity contribution in [1.82, 2.24) is 9.88 Å². The first kappa shape index (κ1) is 22.2. The van der Waals surface area contributed by atoms with E-state index in [4.69, 9.17) is 9.15 Å². The molecule has 1 saturated heterocycles. The Hall–Kier alpha value is -4.05. The van der Waals surface area contributed by atoms with E-state index in [9.17, 15) is 10.1 Å². The van der Waals surface area contributed by atoms with Gasteiger partial charge in [0.1, 0.15) is 11.8 Å². The highest BCUT2D eigenvalue weighted by molar-refractivity contribution is 5.94. The molecule has 1 fully saturated rings. The molecule has 2 aromatic carbocycles. The fraction of sp³-hybridized carbons (Fsp3) is 0.269. The molecule has 1 amide bonds. The maximum atomic E-state index is 12.8. The molecule has 7 heteroatoms. The van der Waals surface area contributed by atoms with Gasteiger partial charge in [0.2, 0.25) is 17.5 Å². The summed E-state index contributed by atoms with van der Waals surface area (Å²) in [5, 5.41) is 9.53. The first-order valence-electron chi connectivity index (χ1n) is 11.0. The van der Waals surface area contributed by atoms with Crippen molar-refractivity contribution >= 4 is 23.9 Å². The fourth-order valence-corrected chi connectivity index (χ4v) is 3.69. The first-order valence-corrected chi connectivity index (χ1v) is 11.0. The van der Waals surface area contributed by atoms with E-state index in [1.807, 2.05) is 66.1 Å². The summed E-state index contributed by atoms with van der Waals surface area (Å²) in [7, 11) is 0. The normalized spacial score (nSPS) is 13.8. The van der Waals surface area contributed by atoms with Crippen LogP contribution < -0.4 is 9.64 Å². The van der Waals surface area contributed by atoms with Gasteiger partial charge in [0.15, 0.2) is 0 Å². The summed E-state index contributed by atoms with van der Waals surface area (Å²) in [5.74, 6) is 1.57. The summed E-state index contributed by atoms with van der Waals surface area (Å²) in [6, 6.07) is 17.4. The van der Waals surface area contributed by atoms with E-state index in [-0.39, 0.29) is 11.6 Å². The highest BCUT2D eigenvalue weighted by atomic mass is 16.5. The number of aromatic nitrogens is 1. The van der Waals surface area contributed by atoms with Crippen LogP contribution >= 0.6 is 0 Å².